The zero-order chi connectivity index (χ0) is 19.1. The molecule has 0 N–H and O–H groups in total. The van der Waals surface area contributed by atoms with Crippen LogP contribution in [-0.2, 0) is 19.3 Å². The van der Waals surface area contributed by atoms with E-state index in [2.05, 4.69) is 48.2 Å². The van der Waals surface area contributed by atoms with Gasteiger partial charge in [-0.1, -0.05) is 25.1 Å². The van der Waals surface area contributed by atoms with Gasteiger partial charge in [0.25, 0.3) is 0 Å². The van der Waals surface area contributed by atoms with E-state index in [4.69, 9.17) is 9.47 Å². The van der Waals surface area contributed by atoms with Gasteiger partial charge in [0, 0.05) is 6.54 Å². The first-order chi connectivity index (χ1) is 13.2. The summed E-state index contributed by atoms with van der Waals surface area (Å²) in [5.41, 5.74) is 4.31. The van der Waals surface area contributed by atoms with E-state index in [0.717, 1.165) is 36.8 Å². The maximum atomic E-state index is 5.43. The lowest BCUT2D eigenvalue weighted by Gasteiger charge is -2.32. The number of ether oxygens (including phenoxy) is 2. The summed E-state index contributed by atoms with van der Waals surface area (Å²) in [5, 5.41) is 0. The molecule has 0 aliphatic carbocycles. The number of rotatable bonds is 8. The second-order valence-electron chi connectivity index (χ2n) is 7.58. The molecule has 2 aromatic carbocycles. The third-order valence-electron chi connectivity index (χ3n) is 5.86. The van der Waals surface area contributed by atoms with E-state index >= 15 is 0 Å². The van der Waals surface area contributed by atoms with Gasteiger partial charge in [0.15, 0.2) is 0 Å². The summed E-state index contributed by atoms with van der Waals surface area (Å²) in [6, 6.07) is 15.0. The molecule has 1 heterocycles. The SMILES string of the molecule is CCc1ccc(OC)cc1CC1CCN(CCc2cccc(OC)c2)CC1.Cl. The molecule has 0 amide bonds. The van der Waals surface area contributed by atoms with Crippen LogP contribution in [0.4, 0.5) is 0 Å². The molecule has 0 saturated carbocycles. The van der Waals surface area contributed by atoms with Gasteiger partial charge >= 0.3 is 0 Å². The van der Waals surface area contributed by atoms with Crippen LogP contribution in [0.3, 0.4) is 0 Å². The van der Waals surface area contributed by atoms with Crippen molar-refractivity contribution in [3.05, 3.63) is 59.2 Å². The first-order valence-corrected chi connectivity index (χ1v) is 10.2. The van der Waals surface area contributed by atoms with Gasteiger partial charge in [-0.25, -0.2) is 0 Å². The van der Waals surface area contributed by atoms with E-state index < -0.39 is 0 Å². The lowest BCUT2D eigenvalue weighted by Crippen LogP contribution is -2.35. The third-order valence-corrected chi connectivity index (χ3v) is 5.86. The number of hydrogen-bond donors (Lipinski definition) is 0. The molecule has 0 atom stereocenters. The summed E-state index contributed by atoms with van der Waals surface area (Å²) in [6.45, 7) is 5.80. The topological polar surface area (TPSA) is 21.7 Å². The molecule has 28 heavy (non-hydrogen) atoms. The van der Waals surface area contributed by atoms with Crippen LogP contribution in [0.2, 0.25) is 0 Å². The average Bonchev–Trinajstić information content (AvgIpc) is 2.73. The van der Waals surface area contributed by atoms with Crippen molar-refractivity contribution in [1.29, 1.82) is 0 Å². The molecule has 1 aliphatic rings. The highest BCUT2D eigenvalue weighted by Gasteiger charge is 2.20. The lowest BCUT2D eigenvalue weighted by atomic mass is 9.87. The Morgan fingerprint density at radius 1 is 0.929 bits per heavy atom. The van der Waals surface area contributed by atoms with Gasteiger partial charge in [-0.2, -0.15) is 0 Å². The standard InChI is InChI=1S/C24H33NO2.ClH/c1-4-21-8-9-24(27-3)18-22(21)16-20-11-14-25(15-12-20)13-10-19-6-5-7-23(17-19)26-2;/h5-9,17-18,20H,4,10-16H2,1-3H3;1H. The molecule has 2 aromatic rings. The molecule has 154 valence electrons. The molecule has 0 bridgehead atoms. The monoisotopic (exact) mass is 403 g/mol. The van der Waals surface area contributed by atoms with E-state index in [0.29, 0.717) is 0 Å². The van der Waals surface area contributed by atoms with Crippen molar-refractivity contribution in [2.45, 2.75) is 39.0 Å². The maximum absolute atomic E-state index is 5.43. The van der Waals surface area contributed by atoms with Crippen molar-refractivity contribution in [2.75, 3.05) is 33.9 Å². The molecule has 4 heteroatoms. The van der Waals surface area contributed by atoms with E-state index in [9.17, 15) is 0 Å². The Balaban J connectivity index is 0.00000280. The number of hydrogen-bond acceptors (Lipinski definition) is 3. The normalized spacial score (nSPS) is 15.1. The first-order valence-electron chi connectivity index (χ1n) is 10.2. The van der Waals surface area contributed by atoms with Crippen molar-refractivity contribution in [1.82, 2.24) is 4.90 Å². The predicted molar refractivity (Wildman–Crippen MR) is 119 cm³/mol. The Morgan fingerprint density at radius 2 is 1.64 bits per heavy atom. The summed E-state index contributed by atoms with van der Waals surface area (Å²) in [7, 11) is 3.49. The number of likely N-dealkylation sites (tertiary alicyclic amines) is 1. The summed E-state index contributed by atoms with van der Waals surface area (Å²) in [6.07, 6.45) is 5.96. The number of aryl methyl sites for hydroxylation is 1. The van der Waals surface area contributed by atoms with Crippen molar-refractivity contribution in [3.8, 4) is 11.5 Å². The first kappa shape index (κ1) is 22.6. The highest BCUT2D eigenvalue weighted by molar-refractivity contribution is 5.85. The minimum Gasteiger partial charge on any atom is -0.497 e. The molecular formula is C24H34ClNO2. The number of nitrogens with zero attached hydrogens (tertiary/aromatic N) is 1. The molecule has 1 saturated heterocycles. The average molecular weight is 404 g/mol. The van der Waals surface area contributed by atoms with Crippen LogP contribution in [0.5, 0.6) is 11.5 Å². The maximum Gasteiger partial charge on any atom is 0.119 e. The van der Waals surface area contributed by atoms with Gasteiger partial charge in [-0.15, -0.1) is 12.4 Å². The smallest absolute Gasteiger partial charge is 0.119 e. The Kier molecular flexibility index (Phi) is 9.14. The number of methoxy groups -OCH3 is 2. The van der Waals surface area contributed by atoms with Crippen molar-refractivity contribution in [2.24, 2.45) is 5.92 Å². The van der Waals surface area contributed by atoms with Crippen molar-refractivity contribution in [3.63, 3.8) is 0 Å². The summed E-state index contributed by atoms with van der Waals surface area (Å²) in [5.74, 6) is 2.73. The highest BCUT2D eigenvalue weighted by Crippen LogP contribution is 2.26. The van der Waals surface area contributed by atoms with E-state index in [1.165, 1.54) is 49.0 Å². The van der Waals surface area contributed by atoms with Crippen molar-refractivity contribution >= 4 is 12.4 Å². The molecule has 3 nitrogen and oxygen atoms in total. The summed E-state index contributed by atoms with van der Waals surface area (Å²) >= 11 is 0. The quantitative estimate of drug-likeness (QED) is 0.605. The van der Waals surface area contributed by atoms with Crippen LogP contribution in [0.25, 0.3) is 0 Å². The van der Waals surface area contributed by atoms with E-state index in [-0.39, 0.29) is 12.4 Å². The molecule has 0 radical (unpaired) electrons. The van der Waals surface area contributed by atoms with Gasteiger partial charge in [0.05, 0.1) is 14.2 Å². The fourth-order valence-corrected chi connectivity index (χ4v) is 4.10. The van der Waals surface area contributed by atoms with Crippen molar-refractivity contribution < 1.29 is 9.47 Å². The minimum atomic E-state index is 0. The highest BCUT2D eigenvalue weighted by atomic mass is 35.5. The zero-order valence-corrected chi connectivity index (χ0v) is 18.3. The van der Waals surface area contributed by atoms with E-state index in [1.54, 1.807) is 14.2 Å². The summed E-state index contributed by atoms with van der Waals surface area (Å²) in [4.78, 5) is 2.61. The Morgan fingerprint density at radius 3 is 2.32 bits per heavy atom. The van der Waals surface area contributed by atoms with Crippen LogP contribution < -0.4 is 9.47 Å². The molecular weight excluding hydrogens is 370 g/mol. The molecule has 1 fully saturated rings. The number of benzene rings is 2. The largest absolute Gasteiger partial charge is 0.497 e. The molecule has 0 aromatic heterocycles. The predicted octanol–water partition coefficient (Wildman–Crippen LogP) is 5.19. The van der Waals surface area contributed by atoms with Gasteiger partial charge < -0.3 is 14.4 Å². The zero-order valence-electron chi connectivity index (χ0n) is 17.4. The van der Waals surface area contributed by atoms with Crippen LogP contribution in [0, 0.1) is 5.92 Å². The van der Waals surface area contributed by atoms with E-state index in [1.807, 2.05) is 6.07 Å². The number of piperidine rings is 1. The van der Waals surface area contributed by atoms with Crippen LogP contribution in [-0.4, -0.2) is 38.8 Å². The third kappa shape index (κ3) is 6.15. The minimum absolute atomic E-state index is 0. The lowest BCUT2D eigenvalue weighted by molar-refractivity contribution is 0.185. The van der Waals surface area contributed by atoms with Crippen LogP contribution >= 0.6 is 12.4 Å². The van der Waals surface area contributed by atoms with Crippen LogP contribution in [0.1, 0.15) is 36.5 Å². The Hall–Kier alpha value is -1.71. The van der Waals surface area contributed by atoms with Gasteiger partial charge in [0.1, 0.15) is 11.5 Å². The molecule has 3 rings (SSSR count). The fourth-order valence-electron chi connectivity index (χ4n) is 4.10. The second-order valence-corrected chi connectivity index (χ2v) is 7.58. The molecule has 0 spiro atoms. The molecule has 0 unspecified atom stereocenters. The fraction of sp³-hybridized carbons (Fsp3) is 0.500. The van der Waals surface area contributed by atoms with Gasteiger partial charge in [-0.05, 0) is 92.1 Å². The Labute approximate surface area is 176 Å². The molecule has 1 aliphatic heterocycles. The number of halogens is 1. The van der Waals surface area contributed by atoms with Gasteiger partial charge in [0.2, 0.25) is 0 Å². The second kappa shape index (κ2) is 11.3. The summed E-state index contributed by atoms with van der Waals surface area (Å²) < 4.78 is 10.8. The Bertz CT molecular complexity index is 726. The van der Waals surface area contributed by atoms with Gasteiger partial charge in [-0.3, -0.25) is 0 Å². The van der Waals surface area contributed by atoms with Crippen LogP contribution in [0.15, 0.2) is 42.5 Å².